The SMILES string of the molecule is COC(=O)c1ccc(NC(=O)CSc2nc(=O)cc(N)n2CCc2ccccc2)cc1. The molecule has 3 aromatic rings. The van der Waals surface area contributed by atoms with E-state index in [1.54, 1.807) is 28.8 Å². The van der Waals surface area contributed by atoms with Gasteiger partial charge >= 0.3 is 5.97 Å². The second-order valence-corrected chi connectivity index (χ2v) is 7.54. The van der Waals surface area contributed by atoms with E-state index >= 15 is 0 Å². The van der Waals surface area contributed by atoms with E-state index < -0.39 is 11.5 Å². The number of methoxy groups -OCH3 is 1. The van der Waals surface area contributed by atoms with Crippen LogP contribution in [-0.4, -0.2) is 34.3 Å². The van der Waals surface area contributed by atoms with Gasteiger partial charge in [0.05, 0.1) is 18.4 Å². The van der Waals surface area contributed by atoms with Crippen molar-refractivity contribution in [3.63, 3.8) is 0 Å². The third-order valence-electron chi connectivity index (χ3n) is 4.41. The van der Waals surface area contributed by atoms with E-state index in [2.05, 4.69) is 15.0 Å². The summed E-state index contributed by atoms with van der Waals surface area (Å²) in [7, 11) is 1.30. The molecule has 8 nitrogen and oxygen atoms in total. The Kier molecular flexibility index (Phi) is 7.45. The molecule has 0 radical (unpaired) electrons. The number of nitrogens with two attached hydrogens (primary N) is 1. The van der Waals surface area contributed by atoms with Crippen molar-refractivity contribution in [2.24, 2.45) is 0 Å². The number of aromatic nitrogens is 2. The summed E-state index contributed by atoms with van der Waals surface area (Å²) in [4.78, 5) is 39.7. The molecule has 0 unspecified atom stereocenters. The van der Waals surface area contributed by atoms with Crippen LogP contribution in [0.5, 0.6) is 0 Å². The first-order valence-electron chi connectivity index (χ1n) is 9.48. The maximum Gasteiger partial charge on any atom is 0.337 e. The quantitative estimate of drug-likeness (QED) is 0.315. The molecule has 0 saturated carbocycles. The summed E-state index contributed by atoms with van der Waals surface area (Å²) in [5.74, 6) is -0.381. The Labute approximate surface area is 183 Å². The molecular formula is C22H22N4O4S. The monoisotopic (exact) mass is 438 g/mol. The normalized spacial score (nSPS) is 10.5. The standard InChI is InChI=1S/C22H22N4O4S/c1-30-21(29)16-7-9-17(10-8-16)24-20(28)14-31-22-25-19(27)13-18(23)26(22)12-11-15-5-3-2-4-6-15/h2-10,13H,11-12,14,23H2,1H3,(H,24,28). The molecule has 1 aromatic heterocycles. The molecule has 1 amide bonds. The van der Waals surface area contributed by atoms with Gasteiger partial charge < -0.3 is 20.4 Å². The molecule has 2 aromatic carbocycles. The van der Waals surface area contributed by atoms with Gasteiger partial charge in [0.15, 0.2) is 5.16 Å². The number of nitrogens with zero attached hydrogens (tertiary/aromatic N) is 2. The molecule has 3 rings (SSSR count). The highest BCUT2D eigenvalue weighted by atomic mass is 32.2. The van der Waals surface area contributed by atoms with Crippen LogP contribution in [0.1, 0.15) is 15.9 Å². The van der Waals surface area contributed by atoms with Crippen LogP contribution in [0.3, 0.4) is 0 Å². The minimum absolute atomic E-state index is 0.0417. The second-order valence-electron chi connectivity index (χ2n) is 6.59. The van der Waals surface area contributed by atoms with Gasteiger partial charge in [-0.2, -0.15) is 4.98 Å². The molecule has 9 heteroatoms. The Balaban J connectivity index is 1.64. The summed E-state index contributed by atoms with van der Waals surface area (Å²) >= 11 is 1.14. The van der Waals surface area contributed by atoms with Crippen molar-refractivity contribution in [2.45, 2.75) is 18.1 Å². The van der Waals surface area contributed by atoms with Crippen LogP contribution in [0.4, 0.5) is 11.5 Å². The van der Waals surface area contributed by atoms with Crippen molar-refractivity contribution in [1.29, 1.82) is 0 Å². The fraction of sp³-hybridized carbons (Fsp3) is 0.182. The fourth-order valence-corrected chi connectivity index (χ4v) is 3.70. The molecule has 0 aliphatic carbocycles. The molecule has 160 valence electrons. The smallest absolute Gasteiger partial charge is 0.337 e. The first kappa shape index (κ1) is 22.1. The number of thioether (sulfide) groups is 1. The number of rotatable bonds is 8. The molecule has 0 fully saturated rings. The maximum atomic E-state index is 12.4. The minimum Gasteiger partial charge on any atom is -0.465 e. The summed E-state index contributed by atoms with van der Waals surface area (Å²) in [6.45, 7) is 0.530. The lowest BCUT2D eigenvalue weighted by molar-refractivity contribution is -0.113. The predicted molar refractivity (Wildman–Crippen MR) is 120 cm³/mol. The number of amides is 1. The maximum absolute atomic E-state index is 12.4. The van der Waals surface area contributed by atoms with E-state index in [-0.39, 0.29) is 11.7 Å². The van der Waals surface area contributed by atoms with Gasteiger partial charge in [0.25, 0.3) is 5.56 Å². The number of esters is 1. The average Bonchev–Trinajstić information content (AvgIpc) is 2.77. The van der Waals surface area contributed by atoms with Gasteiger partial charge in [-0.3, -0.25) is 9.59 Å². The van der Waals surface area contributed by atoms with Crippen LogP contribution in [0.25, 0.3) is 0 Å². The Morgan fingerprint density at radius 3 is 2.52 bits per heavy atom. The summed E-state index contributed by atoms with van der Waals surface area (Å²) < 4.78 is 6.38. The van der Waals surface area contributed by atoms with Gasteiger partial charge in [-0.15, -0.1) is 0 Å². The molecule has 0 saturated heterocycles. The largest absolute Gasteiger partial charge is 0.465 e. The zero-order valence-electron chi connectivity index (χ0n) is 16.9. The lowest BCUT2D eigenvalue weighted by atomic mass is 10.1. The van der Waals surface area contributed by atoms with Crippen molar-refractivity contribution in [1.82, 2.24) is 9.55 Å². The van der Waals surface area contributed by atoms with Gasteiger partial charge in [0.2, 0.25) is 5.91 Å². The van der Waals surface area contributed by atoms with Crippen molar-refractivity contribution in [3.8, 4) is 0 Å². The fourth-order valence-electron chi connectivity index (χ4n) is 2.86. The van der Waals surface area contributed by atoms with E-state index in [9.17, 15) is 14.4 Å². The van der Waals surface area contributed by atoms with Crippen LogP contribution in [0.2, 0.25) is 0 Å². The summed E-state index contributed by atoms with van der Waals surface area (Å²) in [5.41, 5.74) is 7.65. The molecule has 0 atom stereocenters. The third-order valence-corrected chi connectivity index (χ3v) is 5.39. The number of carbonyl (C=O) groups excluding carboxylic acids is 2. The highest BCUT2D eigenvalue weighted by Crippen LogP contribution is 2.19. The van der Waals surface area contributed by atoms with E-state index in [1.807, 2.05) is 30.3 Å². The van der Waals surface area contributed by atoms with Crippen molar-refractivity contribution in [3.05, 3.63) is 82.1 Å². The molecule has 0 aliphatic heterocycles. The number of ether oxygens (including phenoxy) is 1. The zero-order chi connectivity index (χ0) is 22.2. The molecule has 0 spiro atoms. The second kappa shape index (κ2) is 10.4. The van der Waals surface area contributed by atoms with Crippen LogP contribution < -0.4 is 16.6 Å². The number of hydrogen-bond acceptors (Lipinski definition) is 7. The number of nitrogens with one attached hydrogen (secondary N) is 1. The van der Waals surface area contributed by atoms with E-state index in [1.165, 1.54) is 13.2 Å². The number of hydrogen-bond donors (Lipinski definition) is 2. The van der Waals surface area contributed by atoms with Crippen LogP contribution >= 0.6 is 11.8 Å². The van der Waals surface area contributed by atoms with Crippen LogP contribution in [-0.2, 0) is 22.5 Å². The topological polar surface area (TPSA) is 116 Å². The van der Waals surface area contributed by atoms with Gasteiger partial charge in [-0.05, 0) is 36.2 Å². The van der Waals surface area contributed by atoms with E-state index in [0.29, 0.717) is 35.2 Å². The molecule has 0 aliphatic rings. The van der Waals surface area contributed by atoms with Crippen molar-refractivity contribution < 1.29 is 14.3 Å². The number of anilines is 2. The van der Waals surface area contributed by atoms with Crippen molar-refractivity contribution >= 4 is 35.1 Å². The number of benzene rings is 2. The number of carbonyl (C=O) groups is 2. The number of nitrogen functional groups attached to an aromatic ring is 1. The van der Waals surface area contributed by atoms with E-state index in [4.69, 9.17) is 5.73 Å². The van der Waals surface area contributed by atoms with Gasteiger partial charge in [0.1, 0.15) is 5.82 Å². The molecule has 0 bridgehead atoms. The van der Waals surface area contributed by atoms with Crippen LogP contribution in [0, 0.1) is 0 Å². The molecule has 1 heterocycles. The average molecular weight is 439 g/mol. The third kappa shape index (κ3) is 6.19. The Morgan fingerprint density at radius 1 is 1.13 bits per heavy atom. The molecular weight excluding hydrogens is 416 g/mol. The Morgan fingerprint density at radius 2 is 1.84 bits per heavy atom. The zero-order valence-corrected chi connectivity index (χ0v) is 17.7. The summed E-state index contributed by atoms with van der Waals surface area (Å²) in [5, 5.41) is 3.13. The summed E-state index contributed by atoms with van der Waals surface area (Å²) in [6, 6.07) is 17.5. The van der Waals surface area contributed by atoms with Gasteiger partial charge in [-0.1, -0.05) is 42.1 Å². The summed E-state index contributed by atoms with van der Waals surface area (Å²) in [6.07, 6.45) is 0.710. The van der Waals surface area contributed by atoms with Crippen molar-refractivity contribution in [2.75, 3.05) is 23.9 Å². The first-order chi connectivity index (χ1) is 15.0. The molecule has 3 N–H and O–H groups in total. The number of aryl methyl sites for hydroxylation is 1. The highest BCUT2D eigenvalue weighted by Gasteiger charge is 2.12. The van der Waals surface area contributed by atoms with Gasteiger partial charge in [-0.25, -0.2) is 4.79 Å². The highest BCUT2D eigenvalue weighted by molar-refractivity contribution is 7.99. The predicted octanol–water partition coefficient (Wildman–Crippen LogP) is 2.59. The Hall–Kier alpha value is -3.59. The van der Waals surface area contributed by atoms with Gasteiger partial charge in [0, 0.05) is 18.3 Å². The minimum atomic E-state index is -0.449. The first-order valence-corrected chi connectivity index (χ1v) is 10.5. The lowest BCUT2D eigenvalue weighted by Gasteiger charge is -2.14. The van der Waals surface area contributed by atoms with E-state index in [0.717, 1.165) is 17.3 Å². The lowest BCUT2D eigenvalue weighted by Crippen LogP contribution is -2.20. The van der Waals surface area contributed by atoms with Crippen LogP contribution in [0.15, 0.2) is 70.6 Å². The Bertz CT molecular complexity index is 1110. The molecule has 31 heavy (non-hydrogen) atoms.